The van der Waals surface area contributed by atoms with Crippen molar-refractivity contribution in [1.29, 1.82) is 0 Å². The van der Waals surface area contributed by atoms with Crippen LogP contribution in [0.3, 0.4) is 0 Å². The van der Waals surface area contributed by atoms with Gasteiger partial charge in [0.05, 0.1) is 21.5 Å². The van der Waals surface area contributed by atoms with Gasteiger partial charge in [0.25, 0.3) is 22.2 Å². The van der Waals surface area contributed by atoms with Gasteiger partial charge in [0, 0.05) is 0 Å². The van der Waals surface area contributed by atoms with Crippen molar-refractivity contribution >= 4 is 33.5 Å². The summed E-state index contributed by atoms with van der Waals surface area (Å²) in [6.07, 6.45) is 0. The lowest BCUT2D eigenvalue weighted by atomic mass is 10.1. The van der Waals surface area contributed by atoms with Gasteiger partial charge in [0.2, 0.25) is 0 Å². The van der Waals surface area contributed by atoms with Crippen LogP contribution in [0.15, 0.2) is 31.3 Å². The van der Waals surface area contributed by atoms with Crippen LogP contribution < -0.4 is 22.2 Å². The largest absolute Gasteiger partial charge is 0.480 e. The van der Waals surface area contributed by atoms with E-state index in [1.54, 1.807) is 0 Å². The van der Waals surface area contributed by atoms with Gasteiger partial charge in [0.1, 0.15) is 12.1 Å². The van der Waals surface area contributed by atoms with E-state index in [1.807, 2.05) is 0 Å². The van der Waals surface area contributed by atoms with Gasteiger partial charge in [-0.25, -0.2) is 9.59 Å². The highest BCUT2D eigenvalue weighted by Gasteiger charge is 2.26. The number of aromatic nitrogens is 2. The molecule has 2 atom stereocenters. The number of carbonyl (C=O) groups is 2. The first kappa shape index (κ1) is 17.3. The summed E-state index contributed by atoms with van der Waals surface area (Å²) in [6, 6.07) is -0.776. The second-order valence-corrected chi connectivity index (χ2v) is 5.93. The molecular weight excluding hydrogens is 348 g/mol. The van der Waals surface area contributed by atoms with Gasteiger partial charge in [-0.3, -0.25) is 28.3 Å². The van der Waals surface area contributed by atoms with Gasteiger partial charge in [-0.1, -0.05) is 0 Å². The Balaban J connectivity index is 2.46. The minimum atomic E-state index is -1.42. The summed E-state index contributed by atoms with van der Waals surface area (Å²) in [5.74, 6) is -2.78. The zero-order valence-corrected chi connectivity index (χ0v) is 13.5. The van der Waals surface area contributed by atoms with E-state index in [1.165, 1.54) is 0 Å². The van der Waals surface area contributed by atoms with Crippen LogP contribution in [0.1, 0.15) is 25.9 Å². The number of hydrogen-bond donors (Lipinski definition) is 2. The quantitative estimate of drug-likeness (QED) is 0.613. The Labute approximate surface area is 142 Å². The van der Waals surface area contributed by atoms with E-state index in [4.69, 9.17) is 10.2 Å². The topological polar surface area (TPSA) is 153 Å². The number of rotatable bonds is 4. The maximum Gasteiger partial charge on any atom is 0.326 e. The first-order chi connectivity index (χ1) is 12.1. The summed E-state index contributed by atoms with van der Waals surface area (Å²) in [7, 11) is 0. The highest BCUT2D eigenvalue weighted by Crippen LogP contribution is 2.17. The highest BCUT2D eigenvalue weighted by atomic mass is 16.4. The molecule has 1 aromatic carbocycles. The van der Waals surface area contributed by atoms with Crippen LogP contribution in [0.2, 0.25) is 0 Å². The molecule has 0 bridgehead atoms. The number of benzene rings is 1. The van der Waals surface area contributed by atoms with Crippen LogP contribution in [0.4, 0.5) is 0 Å². The molecule has 2 heterocycles. The highest BCUT2D eigenvalue weighted by molar-refractivity contribution is 5.98. The van der Waals surface area contributed by atoms with Crippen molar-refractivity contribution in [2.45, 2.75) is 25.9 Å². The van der Waals surface area contributed by atoms with Crippen LogP contribution in [0, 0.1) is 0 Å². The van der Waals surface area contributed by atoms with Crippen molar-refractivity contribution in [2.75, 3.05) is 0 Å². The summed E-state index contributed by atoms with van der Waals surface area (Å²) < 4.78 is 1.07. The van der Waals surface area contributed by atoms with Gasteiger partial charge >= 0.3 is 11.9 Å². The third kappa shape index (κ3) is 2.11. The SMILES string of the molecule is C[C@@H](C(=O)O)n1c(=O)c2cc3c(=O)n([C@@H](C)C(=O)O)c(=O)c3cc2c1=O. The summed E-state index contributed by atoms with van der Waals surface area (Å²) in [4.78, 5) is 71.8. The molecule has 0 unspecified atom stereocenters. The van der Waals surface area contributed by atoms with E-state index in [-0.39, 0.29) is 21.5 Å². The molecule has 10 nitrogen and oxygen atoms in total. The molecule has 0 aliphatic carbocycles. The van der Waals surface area contributed by atoms with E-state index >= 15 is 0 Å². The van der Waals surface area contributed by atoms with Crippen molar-refractivity contribution in [3.05, 3.63) is 53.5 Å². The lowest BCUT2D eigenvalue weighted by Gasteiger charge is -2.04. The Morgan fingerprint density at radius 1 is 0.692 bits per heavy atom. The average Bonchev–Trinajstić information content (AvgIpc) is 2.97. The number of fused-ring (bicyclic) bond motifs is 2. The molecule has 26 heavy (non-hydrogen) atoms. The molecule has 0 amide bonds. The molecule has 2 N–H and O–H groups in total. The van der Waals surface area contributed by atoms with Crippen molar-refractivity contribution in [1.82, 2.24) is 9.13 Å². The predicted octanol–water partition coefficient (Wildman–Crippen LogP) is -0.796. The number of carboxylic acid groups (broad SMARTS) is 2. The molecule has 2 aromatic heterocycles. The second-order valence-electron chi connectivity index (χ2n) is 5.93. The molecule has 3 rings (SSSR count). The normalized spacial score (nSPS) is 13.9. The molecule has 3 aromatic rings. The van der Waals surface area contributed by atoms with Crippen molar-refractivity contribution in [2.24, 2.45) is 0 Å². The first-order valence-electron chi connectivity index (χ1n) is 7.47. The summed E-state index contributed by atoms with van der Waals surface area (Å²) in [6.45, 7) is 2.31. The predicted molar refractivity (Wildman–Crippen MR) is 89.6 cm³/mol. The maximum absolute atomic E-state index is 12.4. The summed E-state index contributed by atoms with van der Waals surface area (Å²) in [5.41, 5.74) is -3.58. The van der Waals surface area contributed by atoms with Gasteiger partial charge in [-0.2, -0.15) is 0 Å². The standard InChI is InChI=1S/C16H12N2O8/c1-5(15(23)24)17-11(19)7-3-9-10(4-8(7)12(17)20)14(22)18(13(9)21)6(2)16(25)26/h3-6H,1-2H3,(H,23,24)(H,25,26)/t5-,6-/m0/s1. The van der Waals surface area contributed by atoms with E-state index in [9.17, 15) is 28.8 Å². The molecule has 0 aliphatic heterocycles. The van der Waals surface area contributed by atoms with Crippen LogP contribution in [-0.4, -0.2) is 31.3 Å². The third-order valence-corrected chi connectivity index (χ3v) is 4.44. The van der Waals surface area contributed by atoms with E-state index in [2.05, 4.69) is 0 Å². The maximum atomic E-state index is 12.4. The van der Waals surface area contributed by atoms with Crippen LogP contribution in [0.5, 0.6) is 0 Å². The Morgan fingerprint density at radius 2 is 0.923 bits per heavy atom. The third-order valence-electron chi connectivity index (χ3n) is 4.44. The van der Waals surface area contributed by atoms with E-state index < -0.39 is 46.3 Å². The molecule has 0 saturated heterocycles. The van der Waals surface area contributed by atoms with Gasteiger partial charge in [-0.15, -0.1) is 0 Å². The Morgan fingerprint density at radius 3 is 1.12 bits per heavy atom. The zero-order valence-electron chi connectivity index (χ0n) is 13.5. The fraction of sp³-hybridized carbons (Fsp3) is 0.250. The fourth-order valence-corrected chi connectivity index (χ4v) is 2.94. The molecule has 0 fully saturated rings. The summed E-state index contributed by atoms with van der Waals surface area (Å²) >= 11 is 0. The van der Waals surface area contributed by atoms with E-state index in [0.29, 0.717) is 9.13 Å². The van der Waals surface area contributed by atoms with Crippen LogP contribution >= 0.6 is 0 Å². The monoisotopic (exact) mass is 360 g/mol. The Kier molecular flexibility index (Phi) is 3.64. The van der Waals surface area contributed by atoms with E-state index in [0.717, 1.165) is 26.0 Å². The zero-order chi connectivity index (χ0) is 19.5. The minimum Gasteiger partial charge on any atom is -0.480 e. The Hall–Kier alpha value is -3.56. The summed E-state index contributed by atoms with van der Waals surface area (Å²) in [5, 5.41) is 17.3. The lowest BCUT2D eigenvalue weighted by Crippen LogP contribution is -2.33. The second kappa shape index (κ2) is 5.48. The number of nitrogens with zero attached hydrogens (tertiary/aromatic N) is 2. The van der Waals surface area contributed by atoms with Gasteiger partial charge in [-0.05, 0) is 26.0 Å². The minimum absolute atomic E-state index is 0.201. The van der Waals surface area contributed by atoms with Crippen LogP contribution in [0.25, 0.3) is 21.5 Å². The molecule has 134 valence electrons. The van der Waals surface area contributed by atoms with Crippen LogP contribution in [-0.2, 0) is 9.59 Å². The molecule has 10 heteroatoms. The first-order valence-corrected chi connectivity index (χ1v) is 7.47. The fourth-order valence-electron chi connectivity index (χ4n) is 2.94. The number of hydrogen-bond acceptors (Lipinski definition) is 6. The van der Waals surface area contributed by atoms with Crippen molar-refractivity contribution < 1.29 is 19.8 Å². The van der Waals surface area contributed by atoms with Gasteiger partial charge < -0.3 is 10.2 Å². The number of aliphatic carboxylic acids is 2. The molecule has 0 aliphatic rings. The lowest BCUT2D eigenvalue weighted by molar-refractivity contribution is -0.141. The molecule has 0 radical (unpaired) electrons. The van der Waals surface area contributed by atoms with Crippen molar-refractivity contribution in [3.8, 4) is 0 Å². The Bertz CT molecular complexity index is 1130. The van der Waals surface area contributed by atoms with Gasteiger partial charge in [0.15, 0.2) is 0 Å². The average molecular weight is 360 g/mol. The molecule has 0 saturated carbocycles. The number of carboxylic acids is 2. The smallest absolute Gasteiger partial charge is 0.326 e. The molecule has 0 spiro atoms. The van der Waals surface area contributed by atoms with Crippen molar-refractivity contribution in [3.63, 3.8) is 0 Å². The molecular formula is C16H12N2O8.